The van der Waals surface area contributed by atoms with Crippen molar-refractivity contribution in [2.75, 3.05) is 11.9 Å². The van der Waals surface area contributed by atoms with Crippen LogP contribution in [0, 0.1) is 0 Å². The normalized spacial score (nSPS) is 11.7. The molecule has 0 saturated carbocycles. The van der Waals surface area contributed by atoms with Gasteiger partial charge in [-0.05, 0) is 31.2 Å². The van der Waals surface area contributed by atoms with E-state index in [1.807, 2.05) is 48.5 Å². The molecule has 104 valence electrons. The Balaban J connectivity index is 2.10. The molecule has 1 N–H and O–H groups in total. The lowest BCUT2D eigenvalue weighted by Crippen LogP contribution is -2.33. The van der Waals surface area contributed by atoms with Gasteiger partial charge in [-0.1, -0.05) is 24.3 Å². The Labute approximate surface area is 118 Å². The Hall–Kier alpha value is -2.36. The van der Waals surface area contributed by atoms with Gasteiger partial charge in [-0.2, -0.15) is 0 Å². The molecule has 4 heteroatoms. The number of aromatic nitrogens is 1. The molecule has 1 aromatic carbocycles. The number of pyridine rings is 1. The fraction of sp³-hybridized carbons (Fsp3) is 0.250. The highest BCUT2D eigenvalue weighted by Gasteiger charge is 2.20. The number of carbonyl (C=O) groups excluding carboxylic acids is 1. The van der Waals surface area contributed by atoms with Gasteiger partial charge in [-0.15, -0.1) is 0 Å². The number of benzene rings is 1. The molecule has 20 heavy (non-hydrogen) atoms. The third-order valence-electron chi connectivity index (χ3n) is 2.83. The summed E-state index contributed by atoms with van der Waals surface area (Å²) in [5.74, 6) is -0.262. The molecule has 0 bridgehead atoms. The van der Waals surface area contributed by atoms with Crippen molar-refractivity contribution in [2.45, 2.75) is 19.4 Å². The summed E-state index contributed by atoms with van der Waals surface area (Å²) in [6.45, 7) is 2.17. The van der Waals surface area contributed by atoms with Crippen LogP contribution in [-0.4, -0.2) is 23.6 Å². The fourth-order valence-electron chi connectivity index (χ4n) is 1.90. The lowest BCUT2D eigenvalue weighted by atomic mass is 10.1. The lowest BCUT2D eigenvalue weighted by molar-refractivity contribution is -0.144. The molecule has 4 nitrogen and oxygen atoms in total. The van der Waals surface area contributed by atoms with Crippen molar-refractivity contribution in [3.05, 3.63) is 60.4 Å². The molecule has 0 aliphatic heterocycles. The zero-order chi connectivity index (χ0) is 14.2. The standard InChI is InChI=1S/C16H18N2O2/c1-2-20-16(19)15(12-14-10-6-7-11-17-14)18-13-8-4-3-5-9-13/h3-11,15,18H,2,12H2,1H3/t15-/m0/s1. The maximum absolute atomic E-state index is 12.0. The first-order valence-electron chi connectivity index (χ1n) is 6.67. The van der Waals surface area contributed by atoms with E-state index in [4.69, 9.17) is 4.74 Å². The number of para-hydroxylation sites is 1. The zero-order valence-electron chi connectivity index (χ0n) is 11.5. The quantitative estimate of drug-likeness (QED) is 0.820. The first kappa shape index (κ1) is 14.1. The van der Waals surface area contributed by atoms with Gasteiger partial charge in [0.25, 0.3) is 0 Å². The number of hydrogen-bond donors (Lipinski definition) is 1. The van der Waals surface area contributed by atoms with Crippen LogP contribution in [0.1, 0.15) is 12.6 Å². The highest BCUT2D eigenvalue weighted by molar-refractivity contribution is 5.79. The van der Waals surface area contributed by atoms with Crippen molar-refractivity contribution in [3.63, 3.8) is 0 Å². The predicted octanol–water partition coefficient (Wildman–Crippen LogP) is 2.67. The molecule has 1 atom stereocenters. The minimum Gasteiger partial charge on any atom is -0.464 e. The Morgan fingerprint density at radius 1 is 1.20 bits per heavy atom. The fourth-order valence-corrected chi connectivity index (χ4v) is 1.90. The monoisotopic (exact) mass is 270 g/mol. The van der Waals surface area contributed by atoms with Gasteiger partial charge in [0.05, 0.1) is 6.61 Å². The molecule has 2 rings (SSSR count). The molecule has 0 saturated heterocycles. The molecule has 0 fully saturated rings. The first-order chi connectivity index (χ1) is 9.79. The summed E-state index contributed by atoms with van der Waals surface area (Å²) < 4.78 is 5.12. The second-order valence-corrected chi connectivity index (χ2v) is 4.34. The molecule has 0 unspecified atom stereocenters. The van der Waals surface area contributed by atoms with Crippen LogP contribution in [0.5, 0.6) is 0 Å². The van der Waals surface area contributed by atoms with Crippen LogP contribution in [-0.2, 0) is 16.0 Å². The largest absolute Gasteiger partial charge is 0.464 e. The van der Waals surface area contributed by atoms with Crippen LogP contribution < -0.4 is 5.32 Å². The van der Waals surface area contributed by atoms with E-state index in [0.29, 0.717) is 13.0 Å². The van der Waals surface area contributed by atoms with Crippen LogP contribution in [0.3, 0.4) is 0 Å². The number of nitrogens with one attached hydrogen (secondary N) is 1. The van der Waals surface area contributed by atoms with Gasteiger partial charge in [0, 0.05) is 24.0 Å². The van der Waals surface area contributed by atoms with Gasteiger partial charge < -0.3 is 10.1 Å². The molecule has 1 aromatic heterocycles. The smallest absolute Gasteiger partial charge is 0.328 e. The van der Waals surface area contributed by atoms with Crippen molar-refractivity contribution in [1.82, 2.24) is 4.98 Å². The summed E-state index contributed by atoms with van der Waals surface area (Å²) in [7, 11) is 0. The van der Waals surface area contributed by atoms with Crippen molar-refractivity contribution < 1.29 is 9.53 Å². The molecule has 0 radical (unpaired) electrons. The number of hydrogen-bond acceptors (Lipinski definition) is 4. The zero-order valence-corrected chi connectivity index (χ0v) is 11.5. The van der Waals surface area contributed by atoms with E-state index in [1.165, 1.54) is 0 Å². The van der Waals surface area contributed by atoms with Gasteiger partial charge >= 0.3 is 5.97 Å². The Kier molecular flexibility index (Phi) is 5.12. The maximum Gasteiger partial charge on any atom is 0.328 e. The SMILES string of the molecule is CCOC(=O)[C@H](Cc1ccccn1)Nc1ccccc1. The molecule has 2 aromatic rings. The van der Waals surface area contributed by atoms with Crippen LogP contribution >= 0.6 is 0 Å². The number of ether oxygens (including phenoxy) is 1. The van der Waals surface area contributed by atoms with Crippen molar-refractivity contribution in [3.8, 4) is 0 Å². The second kappa shape index (κ2) is 7.28. The van der Waals surface area contributed by atoms with E-state index >= 15 is 0 Å². The molecular weight excluding hydrogens is 252 g/mol. The summed E-state index contributed by atoms with van der Waals surface area (Å²) in [5, 5.41) is 3.20. The van der Waals surface area contributed by atoms with Crippen molar-refractivity contribution in [2.24, 2.45) is 0 Å². The second-order valence-electron chi connectivity index (χ2n) is 4.34. The molecular formula is C16H18N2O2. The van der Waals surface area contributed by atoms with Crippen LogP contribution in [0.15, 0.2) is 54.7 Å². The van der Waals surface area contributed by atoms with Gasteiger partial charge in [0.1, 0.15) is 6.04 Å². The maximum atomic E-state index is 12.0. The summed E-state index contributed by atoms with van der Waals surface area (Å²) in [5.41, 5.74) is 1.75. The molecule has 0 aliphatic rings. The number of esters is 1. The van der Waals surface area contributed by atoms with E-state index in [-0.39, 0.29) is 5.97 Å². The minimum absolute atomic E-state index is 0.262. The number of carbonyl (C=O) groups is 1. The first-order valence-corrected chi connectivity index (χ1v) is 6.67. The molecule has 0 amide bonds. The summed E-state index contributed by atoms with van der Waals surface area (Å²) in [6, 6.07) is 14.8. The van der Waals surface area contributed by atoms with E-state index in [2.05, 4.69) is 10.3 Å². The highest BCUT2D eigenvalue weighted by atomic mass is 16.5. The third-order valence-corrected chi connectivity index (χ3v) is 2.83. The average molecular weight is 270 g/mol. The van der Waals surface area contributed by atoms with Gasteiger partial charge in [-0.25, -0.2) is 4.79 Å². The molecule has 1 heterocycles. The van der Waals surface area contributed by atoms with Gasteiger partial charge in [0.15, 0.2) is 0 Å². The molecule has 0 aliphatic carbocycles. The Bertz CT molecular complexity index is 487. The summed E-state index contributed by atoms with van der Waals surface area (Å²) in [4.78, 5) is 16.3. The minimum atomic E-state index is -0.438. The lowest BCUT2D eigenvalue weighted by Gasteiger charge is -2.18. The number of nitrogens with zero attached hydrogens (tertiary/aromatic N) is 1. The highest BCUT2D eigenvalue weighted by Crippen LogP contribution is 2.11. The van der Waals surface area contributed by atoms with E-state index in [1.54, 1.807) is 13.1 Å². The van der Waals surface area contributed by atoms with Gasteiger partial charge in [0.2, 0.25) is 0 Å². The Morgan fingerprint density at radius 2 is 1.95 bits per heavy atom. The van der Waals surface area contributed by atoms with E-state index < -0.39 is 6.04 Å². The van der Waals surface area contributed by atoms with Crippen LogP contribution in [0.25, 0.3) is 0 Å². The number of anilines is 1. The van der Waals surface area contributed by atoms with E-state index in [9.17, 15) is 4.79 Å². The van der Waals surface area contributed by atoms with Crippen molar-refractivity contribution >= 4 is 11.7 Å². The average Bonchev–Trinajstić information content (AvgIpc) is 2.49. The van der Waals surface area contributed by atoms with Crippen LogP contribution in [0.2, 0.25) is 0 Å². The third kappa shape index (κ3) is 4.09. The molecule has 0 spiro atoms. The number of rotatable bonds is 6. The van der Waals surface area contributed by atoms with Crippen LogP contribution in [0.4, 0.5) is 5.69 Å². The topological polar surface area (TPSA) is 51.2 Å². The predicted molar refractivity (Wildman–Crippen MR) is 78.4 cm³/mol. The summed E-state index contributed by atoms with van der Waals surface area (Å²) >= 11 is 0. The Morgan fingerprint density at radius 3 is 2.60 bits per heavy atom. The van der Waals surface area contributed by atoms with E-state index in [0.717, 1.165) is 11.4 Å². The van der Waals surface area contributed by atoms with Gasteiger partial charge in [-0.3, -0.25) is 4.98 Å². The summed E-state index contributed by atoms with van der Waals surface area (Å²) in [6.07, 6.45) is 2.22. The van der Waals surface area contributed by atoms with Crippen molar-refractivity contribution in [1.29, 1.82) is 0 Å².